The standard InChI is InChI=1S/C11H9ClFNO2/c12-8-2-1-3-9(13)11(8)10-6-7(4-5-15)16-14-10/h1-3,6,15H,4-5H2. The maximum absolute atomic E-state index is 13.5. The van der Waals surface area contributed by atoms with E-state index in [0.29, 0.717) is 17.9 Å². The summed E-state index contributed by atoms with van der Waals surface area (Å²) in [5.41, 5.74) is 0.559. The van der Waals surface area contributed by atoms with Gasteiger partial charge in [0.25, 0.3) is 0 Å². The largest absolute Gasteiger partial charge is 0.396 e. The summed E-state index contributed by atoms with van der Waals surface area (Å²) in [5.74, 6) is 0.0492. The van der Waals surface area contributed by atoms with Crippen LogP contribution in [0, 0.1) is 5.82 Å². The Morgan fingerprint density at radius 1 is 1.44 bits per heavy atom. The van der Waals surface area contributed by atoms with Crippen molar-refractivity contribution in [1.82, 2.24) is 5.16 Å². The monoisotopic (exact) mass is 241 g/mol. The second-order valence-electron chi connectivity index (χ2n) is 3.25. The summed E-state index contributed by atoms with van der Waals surface area (Å²) in [4.78, 5) is 0. The minimum Gasteiger partial charge on any atom is -0.396 e. The lowest BCUT2D eigenvalue weighted by Gasteiger charge is -2.00. The summed E-state index contributed by atoms with van der Waals surface area (Å²) in [6, 6.07) is 5.98. The van der Waals surface area contributed by atoms with E-state index in [2.05, 4.69) is 5.16 Å². The van der Waals surface area contributed by atoms with E-state index in [1.54, 1.807) is 12.1 Å². The summed E-state index contributed by atoms with van der Waals surface area (Å²) < 4.78 is 18.4. The zero-order valence-electron chi connectivity index (χ0n) is 8.28. The van der Waals surface area contributed by atoms with Crippen LogP contribution in [-0.2, 0) is 6.42 Å². The molecular weight excluding hydrogens is 233 g/mol. The Labute approximate surface area is 96.4 Å². The molecule has 0 aliphatic carbocycles. The topological polar surface area (TPSA) is 46.3 Å². The van der Waals surface area contributed by atoms with Crippen LogP contribution >= 0.6 is 11.6 Å². The van der Waals surface area contributed by atoms with Gasteiger partial charge in [0.1, 0.15) is 17.3 Å². The minimum absolute atomic E-state index is 0.0420. The lowest BCUT2D eigenvalue weighted by Crippen LogP contribution is -1.87. The normalized spacial score (nSPS) is 10.7. The average molecular weight is 242 g/mol. The molecule has 0 radical (unpaired) electrons. The highest BCUT2D eigenvalue weighted by Crippen LogP contribution is 2.29. The first-order valence-corrected chi connectivity index (χ1v) is 5.11. The Balaban J connectivity index is 2.42. The van der Waals surface area contributed by atoms with Crippen LogP contribution in [0.5, 0.6) is 0 Å². The van der Waals surface area contributed by atoms with E-state index in [1.807, 2.05) is 0 Å². The molecule has 1 aromatic heterocycles. The van der Waals surface area contributed by atoms with Crippen LogP contribution < -0.4 is 0 Å². The fraction of sp³-hybridized carbons (Fsp3) is 0.182. The summed E-state index contributed by atoms with van der Waals surface area (Å²) in [7, 11) is 0. The van der Waals surface area contributed by atoms with Gasteiger partial charge < -0.3 is 9.63 Å². The van der Waals surface area contributed by atoms with Crippen molar-refractivity contribution in [3.05, 3.63) is 40.9 Å². The van der Waals surface area contributed by atoms with Crippen LogP contribution in [0.4, 0.5) is 4.39 Å². The third kappa shape index (κ3) is 2.08. The fourth-order valence-electron chi connectivity index (χ4n) is 1.40. The van der Waals surface area contributed by atoms with Crippen molar-refractivity contribution in [2.24, 2.45) is 0 Å². The molecule has 2 aromatic rings. The first-order chi connectivity index (χ1) is 7.72. The van der Waals surface area contributed by atoms with E-state index in [1.165, 1.54) is 12.1 Å². The van der Waals surface area contributed by atoms with Crippen molar-refractivity contribution >= 4 is 11.6 Å². The van der Waals surface area contributed by atoms with Crippen LogP contribution in [0.1, 0.15) is 5.76 Å². The third-order valence-corrected chi connectivity index (χ3v) is 2.45. The molecule has 0 bridgehead atoms. The average Bonchev–Trinajstić information content (AvgIpc) is 2.67. The summed E-state index contributed by atoms with van der Waals surface area (Å²) in [5, 5.41) is 12.7. The van der Waals surface area contributed by atoms with E-state index in [4.69, 9.17) is 21.2 Å². The van der Waals surface area contributed by atoms with E-state index in [0.717, 1.165) is 0 Å². The molecule has 0 spiro atoms. The van der Waals surface area contributed by atoms with Crippen molar-refractivity contribution in [1.29, 1.82) is 0 Å². The van der Waals surface area contributed by atoms with Gasteiger partial charge in [-0.15, -0.1) is 0 Å². The van der Waals surface area contributed by atoms with E-state index in [-0.39, 0.29) is 17.2 Å². The lowest BCUT2D eigenvalue weighted by molar-refractivity contribution is 0.277. The molecule has 84 valence electrons. The van der Waals surface area contributed by atoms with Crippen LogP contribution in [0.3, 0.4) is 0 Å². The molecule has 0 aliphatic rings. The highest BCUT2D eigenvalue weighted by molar-refractivity contribution is 6.33. The predicted octanol–water partition coefficient (Wildman–Crippen LogP) is 2.67. The Kier molecular flexibility index (Phi) is 3.22. The molecule has 1 heterocycles. The summed E-state index contributed by atoms with van der Waals surface area (Å²) in [6.45, 7) is -0.0420. The molecule has 2 rings (SSSR count). The maximum Gasteiger partial charge on any atom is 0.139 e. The van der Waals surface area contributed by atoms with Crippen LogP contribution in [0.25, 0.3) is 11.3 Å². The van der Waals surface area contributed by atoms with Crippen LogP contribution in [-0.4, -0.2) is 16.9 Å². The number of aromatic nitrogens is 1. The SMILES string of the molecule is OCCc1cc(-c2c(F)cccc2Cl)no1. The molecule has 1 aromatic carbocycles. The quantitative estimate of drug-likeness (QED) is 0.899. The van der Waals surface area contributed by atoms with E-state index in [9.17, 15) is 4.39 Å². The zero-order valence-corrected chi connectivity index (χ0v) is 9.04. The van der Waals surface area contributed by atoms with Gasteiger partial charge in [-0.05, 0) is 12.1 Å². The smallest absolute Gasteiger partial charge is 0.139 e. The molecular formula is C11H9ClFNO2. The molecule has 16 heavy (non-hydrogen) atoms. The lowest BCUT2D eigenvalue weighted by atomic mass is 10.1. The number of nitrogens with zero attached hydrogens (tertiary/aromatic N) is 1. The number of aliphatic hydroxyl groups is 1. The van der Waals surface area contributed by atoms with Crippen molar-refractivity contribution in [3.8, 4) is 11.3 Å². The molecule has 0 saturated heterocycles. The fourth-order valence-corrected chi connectivity index (χ4v) is 1.66. The molecule has 0 fully saturated rings. The van der Waals surface area contributed by atoms with Crippen molar-refractivity contribution < 1.29 is 14.0 Å². The Hall–Kier alpha value is -1.39. The highest BCUT2D eigenvalue weighted by Gasteiger charge is 2.14. The van der Waals surface area contributed by atoms with Crippen molar-refractivity contribution in [2.45, 2.75) is 6.42 Å². The molecule has 1 N–H and O–H groups in total. The molecule has 3 nitrogen and oxygen atoms in total. The van der Waals surface area contributed by atoms with Crippen molar-refractivity contribution in [2.75, 3.05) is 6.61 Å². The summed E-state index contributed by atoms with van der Waals surface area (Å²) in [6.07, 6.45) is 0.346. The second-order valence-corrected chi connectivity index (χ2v) is 3.66. The Morgan fingerprint density at radius 2 is 2.25 bits per heavy atom. The molecule has 0 unspecified atom stereocenters. The van der Waals surface area contributed by atoms with E-state index >= 15 is 0 Å². The van der Waals surface area contributed by atoms with Gasteiger partial charge in [0, 0.05) is 12.5 Å². The van der Waals surface area contributed by atoms with Crippen LogP contribution in [0.15, 0.2) is 28.8 Å². The number of benzene rings is 1. The summed E-state index contributed by atoms with van der Waals surface area (Å²) >= 11 is 5.88. The molecule has 5 heteroatoms. The predicted molar refractivity (Wildman–Crippen MR) is 57.7 cm³/mol. The first kappa shape index (κ1) is 11.1. The van der Waals surface area contributed by atoms with Gasteiger partial charge in [-0.2, -0.15) is 0 Å². The zero-order chi connectivity index (χ0) is 11.5. The molecule has 0 aliphatic heterocycles. The molecule has 0 amide bonds. The first-order valence-electron chi connectivity index (χ1n) is 4.73. The van der Waals surface area contributed by atoms with Gasteiger partial charge in [0.15, 0.2) is 0 Å². The maximum atomic E-state index is 13.5. The second kappa shape index (κ2) is 4.63. The van der Waals surface area contributed by atoms with Gasteiger partial charge >= 0.3 is 0 Å². The van der Waals surface area contributed by atoms with Gasteiger partial charge in [0.05, 0.1) is 17.2 Å². The molecule has 0 saturated carbocycles. The minimum atomic E-state index is -0.448. The molecule has 0 atom stereocenters. The highest BCUT2D eigenvalue weighted by atomic mass is 35.5. The van der Waals surface area contributed by atoms with Crippen LogP contribution in [0.2, 0.25) is 5.02 Å². The van der Waals surface area contributed by atoms with Crippen molar-refractivity contribution in [3.63, 3.8) is 0 Å². The van der Waals surface area contributed by atoms with Gasteiger partial charge in [-0.3, -0.25) is 0 Å². The van der Waals surface area contributed by atoms with Gasteiger partial charge in [0.2, 0.25) is 0 Å². The Bertz CT molecular complexity index is 478. The number of hydrogen-bond acceptors (Lipinski definition) is 3. The number of hydrogen-bond donors (Lipinski definition) is 1. The number of rotatable bonds is 3. The van der Waals surface area contributed by atoms with E-state index < -0.39 is 5.82 Å². The van der Waals surface area contributed by atoms with Gasteiger partial charge in [-0.1, -0.05) is 22.8 Å². The third-order valence-electron chi connectivity index (χ3n) is 2.14. The van der Waals surface area contributed by atoms with Gasteiger partial charge in [-0.25, -0.2) is 4.39 Å². The number of halogens is 2. The Morgan fingerprint density at radius 3 is 2.94 bits per heavy atom. The number of aliphatic hydroxyl groups excluding tert-OH is 1.